The van der Waals surface area contributed by atoms with Crippen molar-refractivity contribution in [2.45, 2.75) is 37.5 Å². The zero-order valence-electron chi connectivity index (χ0n) is 16.1. The van der Waals surface area contributed by atoms with E-state index < -0.39 is 15.1 Å². The molecule has 0 spiro atoms. The third-order valence-corrected chi connectivity index (χ3v) is 6.55. The van der Waals surface area contributed by atoms with Gasteiger partial charge in [-0.1, -0.05) is 30.3 Å². The molecule has 3 rings (SSSR count). The van der Waals surface area contributed by atoms with Crippen LogP contribution < -0.4 is 5.32 Å². The van der Waals surface area contributed by atoms with E-state index in [9.17, 15) is 13.2 Å². The van der Waals surface area contributed by atoms with E-state index >= 15 is 0 Å². The van der Waals surface area contributed by atoms with E-state index in [1.807, 2.05) is 37.3 Å². The summed E-state index contributed by atoms with van der Waals surface area (Å²) in [4.78, 5) is 12.8. The molecular formula is C21H23N3O3S. The fraction of sp³-hybridized carbons (Fsp3) is 0.238. The zero-order chi connectivity index (χ0) is 20.3. The molecular weight excluding hydrogens is 374 g/mol. The summed E-state index contributed by atoms with van der Waals surface area (Å²) in [6.45, 7) is 5.66. The molecule has 2 aromatic carbocycles. The number of nitrogens with one attached hydrogen (secondary N) is 1. The number of amides is 1. The van der Waals surface area contributed by atoms with Crippen molar-refractivity contribution in [1.29, 1.82) is 0 Å². The summed E-state index contributed by atoms with van der Waals surface area (Å²) in [6.07, 6.45) is 0. The van der Waals surface area contributed by atoms with Gasteiger partial charge < -0.3 is 5.32 Å². The van der Waals surface area contributed by atoms with Crippen LogP contribution in [0.2, 0.25) is 0 Å². The predicted octanol–water partition coefficient (Wildman–Crippen LogP) is 3.67. The maximum Gasteiger partial charge on any atom is 0.256 e. The van der Waals surface area contributed by atoms with Gasteiger partial charge in [0.25, 0.3) is 5.91 Å². The standard InChI is InChI=1S/C21H23N3O3S/c1-15(2)28(26,27)19-11-9-18(10-12-19)21(25)22-20-13-16(3)23-24(20)14-17-7-5-4-6-8-17/h4-13,15H,14H2,1-3H3,(H,22,25). The van der Waals surface area contributed by atoms with Gasteiger partial charge in [0, 0.05) is 11.6 Å². The van der Waals surface area contributed by atoms with E-state index in [0.717, 1.165) is 11.3 Å². The van der Waals surface area contributed by atoms with Crippen LogP contribution in [0.3, 0.4) is 0 Å². The minimum Gasteiger partial charge on any atom is -0.307 e. The van der Waals surface area contributed by atoms with Crippen molar-refractivity contribution in [2.75, 3.05) is 5.32 Å². The highest BCUT2D eigenvalue weighted by Crippen LogP contribution is 2.18. The first-order chi connectivity index (χ1) is 13.3. The van der Waals surface area contributed by atoms with Gasteiger partial charge in [-0.15, -0.1) is 0 Å². The molecule has 0 aliphatic rings. The number of carbonyl (C=O) groups is 1. The molecule has 0 aliphatic heterocycles. The molecule has 0 atom stereocenters. The molecule has 0 aliphatic carbocycles. The first-order valence-electron chi connectivity index (χ1n) is 9.01. The van der Waals surface area contributed by atoms with Crippen LogP contribution in [0.1, 0.15) is 35.5 Å². The number of aryl methyl sites for hydroxylation is 1. The Kier molecular flexibility index (Phi) is 5.65. The van der Waals surface area contributed by atoms with Crippen LogP contribution in [0.15, 0.2) is 65.6 Å². The molecule has 146 valence electrons. The Hall–Kier alpha value is -2.93. The topological polar surface area (TPSA) is 81.1 Å². The fourth-order valence-corrected chi connectivity index (χ4v) is 3.84. The number of hydrogen-bond acceptors (Lipinski definition) is 4. The molecule has 28 heavy (non-hydrogen) atoms. The molecule has 0 fully saturated rings. The number of sulfone groups is 1. The van der Waals surface area contributed by atoms with Gasteiger partial charge in [-0.05, 0) is 50.6 Å². The molecule has 3 aromatic rings. The highest BCUT2D eigenvalue weighted by atomic mass is 32.2. The Balaban J connectivity index is 1.78. The third kappa shape index (κ3) is 4.31. The highest BCUT2D eigenvalue weighted by molar-refractivity contribution is 7.92. The molecule has 1 N–H and O–H groups in total. The Morgan fingerprint density at radius 1 is 1.07 bits per heavy atom. The lowest BCUT2D eigenvalue weighted by Crippen LogP contribution is -2.17. The van der Waals surface area contributed by atoms with E-state index in [4.69, 9.17) is 0 Å². The van der Waals surface area contributed by atoms with Gasteiger partial charge in [0.05, 0.1) is 22.4 Å². The van der Waals surface area contributed by atoms with E-state index in [2.05, 4.69) is 10.4 Å². The number of carbonyl (C=O) groups excluding carboxylic acids is 1. The maximum atomic E-state index is 12.6. The summed E-state index contributed by atoms with van der Waals surface area (Å²) in [5.41, 5.74) is 2.25. The van der Waals surface area contributed by atoms with Crippen LogP contribution in [0.25, 0.3) is 0 Å². The molecule has 1 aromatic heterocycles. The molecule has 1 amide bonds. The summed E-state index contributed by atoms with van der Waals surface area (Å²) in [7, 11) is -3.36. The number of rotatable bonds is 6. The zero-order valence-corrected chi connectivity index (χ0v) is 16.9. The highest BCUT2D eigenvalue weighted by Gasteiger charge is 2.19. The predicted molar refractivity (Wildman–Crippen MR) is 109 cm³/mol. The second-order valence-corrected chi connectivity index (χ2v) is 9.39. The van der Waals surface area contributed by atoms with E-state index in [-0.39, 0.29) is 10.8 Å². The van der Waals surface area contributed by atoms with Gasteiger partial charge >= 0.3 is 0 Å². The van der Waals surface area contributed by atoms with Gasteiger partial charge in [0.2, 0.25) is 0 Å². The van der Waals surface area contributed by atoms with Crippen LogP contribution in [-0.2, 0) is 16.4 Å². The summed E-state index contributed by atoms with van der Waals surface area (Å²) in [5.74, 6) is 0.271. The monoisotopic (exact) mass is 397 g/mol. The minimum atomic E-state index is -3.36. The number of benzene rings is 2. The molecule has 1 heterocycles. The number of anilines is 1. The minimum absolute atomic E-state index is 0.212. The second kappa shape index (κ2) is 7.98. The van der Waals surface area contributed by atoms with E-state index in [1.54, 1.807) is 24.6 Å². The van der Waals surface area contributed by atoms with Crippen LogP contribution in [0, 0.1) is 6.92 Å². The van der Waals surface area contributed by atoms with Crippen LogP contribution in [0.4, 0.5) is 5.82 Å². The Labute approximate surface area is 165 Å². The fourth-order valence-electron chi connectivity index (χ4n) is 2.78. The van der Waals surface area contributed by atoms with Gasteiger partial charge in [0.1, 0.15) is 5.82 Å². The normalized spacial score (nSPS) is 11.6. The van der Waals surface area contributed by atoms with Crippen LogP contribution >= 0.6 is 0 Å². The molecule has 0 radical (unpaired) electrons. The molecule has 0 saturated carbocycles. The van der Waals surface area contributed by atoms with Crippen LogP contribution in [-0.4, -0.2) is 29.4 Å². The third-order valence-electron chi connectivity index (χ3n) is 4.38. The Morgan fingerprint density at radius 2 is 1.71 bits per heavy atom. The van der Waals surface area contributed by atoms with E-state index in [1.165, 1.54) is 24.3 Å². The lowest BCUT2D eigenvalue weighted by atomic mass is 10.2. The maximum absolute atomic E-state index is 12.6. The van der Waals surface area contributed by atoms with Crippen molar-refractivity contribution < 1.29 is 13.2 Å². The van der Waals surface area contributed by atoms with Crippen molar-refractivity contribution in [1.82, 2.24) is 9.78 Å². The average Bonchev–Trinajstić information content (AvgIpc) is 3.01. The molecule has 6 nitrogen and oxygen atoms in total. The Bertz CT molecular complexity index is 1070. The van der Waals surface area contributed by atoms with E-state index in [0.29, 0.717) is 17.9 Å². The van der Waals surface area contributed by atoms with Gasteiger partial charge in [-0.25, -0.2) is 13.1 Å². The lowest BCUT2D eigenvalue weighted by molar-refractivity contribution is 0.102. The summed E-state index contributed by atoms with van der Waals surface area (Å²) >= 11 is 0. The van der Waals surface area contributed by atoms with Crippen LogP contribution in [0.5, 0.6) is 0 Å². The van der Waals surface area contributed by atoms with Gasteiger partial charge in [0.15, 0.2) is 9.84 Å². The van der Waals surface area contributed by atoms with Gasteiger partial charge in [-0.3, -0.25) is 4.79 Å². The lowest BCUT2D eigenvalue weighted by Gasteiger charge is -2.10. The summed E-state index contributed by atoms with van der Waals surface area (Å²) < 4.78 is 26.2. The molecule has 0 saturated heterocycles. The summed E-state index contributed by atoms with van der Waals surface area (Å²) in [6, 6.07) is 17.6. The van der Waals surface area contributed by atoms with Crippen molar-refractivity contribution in [3.05, 3.63) is 77.5 Å². The van der Waals surface area contributed by atoms with Crippen molar-refractivity contribution in [3.63, 3.8) is 0 Å². The van der Waals surface area contributed by atoms with Crippen molar-refractivity contribution in [2.24, 2.45) is 0 Å². The van der Waals surface area contributed by atoms with Crippen molar-refractivity contribution in [3.8, 4) is 0 Å². The van der Waals surface area contributed by atoms with Gasteiger partial charge in [-0.2, -0.15) is 5.10 Å². The molecule has 0 unspecified atom stereocenters. The Morgan fingerprint density at radius 3 is 2.32 bits per heavy atom. The summed E-state index contributed by atoms with van der Waals surface area (Å²) in [5, 5.41) is 6.79. The smallest absolute Gasteiger partial charge is 0.256 e. The number of hydrogen-bond donors (Lipinski definition) is 1. The SMILES string of the molecule is Cc1cc(NC(=O)c2ccc(S(=O)(=O)C(C)C)cc2)n(Cc2ccccc2)n1. The number of nitrogens with zero attached hydrogens (tertiary/aromatic N) is 2. The average molecular weight is 398 g/mol. The molecule has 7 heteroatoms. The molecule has 0 bridgehead atoms. The number of aromatic nitrogens is 2. The first kappa shape index (κ1) is 19.8. The quantitative estimate of drug-likeness (QED) is 0.688. The first-order valence-corrected chi connectivity index (χ1v) is 10.6. The van der Waals surface area contributed by atoms with Crippen molar-refractivity contribution >= 4 is 21.6 Å². The largest absolute Gasteiger partial charge is 0.307 e. The second-order valence-electron chi connectivity index (χ2n) is 6.89.